The Balaban J connectivity index is 1.20. The molecule has 6 rings (SSSR count). The van der Waals surface area contributed by atoms with E-state index in [0.717, 1.165) is 25.4 Å². The largest absolute Gasteiger partial charge is 0.434 e. The van der Waals surface area contributed by atoms with Crippen LogP contribution >= 0.6 is 0 Å². The van der Waals surface area contributed by atoms with Gasteiger partial charge in [0.25, 0.3) is 5.88 Å². The van der Waals surface area contributed by atoms with Gasteiger partial charge >= 0.3 is 18.9 Å². The summed E-state index contributed by atoms with van der Waals surface area (Å²) in [5.74, 6) is -0.625. The van der Waals surface area contributed by atoms with Gasteiger partial charge in [0.05, 0.1) is 5.69 Å². The van der Waals surface area contributed by atoms with E-state index in [-0.39, 0.29) is 47.2 Å². The molecule has 1 saturated carbocycles. The number of fused-ring (bicyclic) bond motifs is 1. The number of carbonyl (C=O) groups is 1. The molecule has 0 unspecified atom stereocenters. The molecular formula is C28H24F5N9O3. The fourth-order valence-corrected chi connectivity index (χ4v) is 4.62. The summed E-state index contributed by atoms with van der Waals surface area (Å²) < 4.78 is 79.0. The monoisotopic (exact) mass is 629 g/mol. The molecule has 1 aliphatic rings. The number of amides is 1. The van der Waals surface area contributed by atoms with Crippen molar-refractivity contribution in [3.05, 3.63) is 66.1 Å². The van der Waals surface area contributed by atoms with E-state index in [0.29, 0.717) is 16.8 Å². The van der Waals surface area contributed by atoms with Gasteiger partial charge in [-0.3, -0.25) is 0 Å². The number of carbonyl (C=O) groups excluding carboxylic acids is 1. The summed E-state index contributed by atoms with van der Waals surface area (Å²) in [6.07, 6.45) is 1.04. The quantitative estimate of drug-likeness (QED) is 0.201. The summed E-state index contributed by atoms with van der Waals surface area (Å²) in [6.45, 7) is 0.345. The lowest BCUT2D eigenvalue weighted by atomic mass is 10.1. The standard InChI is InChI=1S/C28H24F5N9O3/c1-14(2)41-12-18(28(31,32)33)38-22(41)17-5-3-15(4-6-17)11-35-27(43)45-25-23-34-9-10-42(23)40-21(39-25)19-20(16-7-8-16)36-13-37-24(19)44-26(29)30/h3-6,9-10,12-14,16,26H,7-8,11H2,1-2H3,(H,35,43). The summed E-state index contributed by atoms with van der Waals surface area (Å²) in [7, 11) is 0. The lowest BCUT2D eigenvalue weighted by Gasteiger charge is -2.13. The van der Waals surface area contributed by atoms with Crippen molar-refractivity contribution in [3.63, 3.8) is 0 Å². The van der Waals surface area contributed by atoms with Crippen LogP contribution in [0.2, 0.25) is 0 Å². The van der Waals surface area contributed by atoms with Crippen LogP contribution in [0.1, 0.15) is 55.6 Å². The number of aromatic nitrogens is 8. The van der Waals surface area contributed by atoms with Crippen molar-refractivity contribution in [2.24, 2.45) is 0 Å². The third kappa shape index (κ3) is 6.37. The number of hydrogen-bond donors (Lipinski definition) is 1. The van der Waals surface area contributed by atoms with Crippen molar-refractivity contribution < 1.29 is 36.2 Å². The highest BCUT2D eigenvalue weighted by molar-refractivity contribution is 5.73. The Labute approximate surface area is 251 Å². The molecule has 45 heavy (non-hydrogen) atoms. The Morgan fingerprint density at radius 3 is 2.49 bits per heavy atom. The number of ether oxygens (including phenoxy) is 2. The van der Waals surface area contributed by atoms with Crippen molar-refractivity contribution in [1.82, 2.24) is 44.4 Å². The smallest absolute Gasteiger partial charge is 0.416 e. The van der Waals surface area contributed by atoms with E-state index in [1.165, 1.54) is 21.5 Å². The van der Waals surface area contributed by atoms with E-state index < -0.39 is 30.5 Å². The molecule has 0 saturated heterocycles. The van der Waals surface area contributed by atoms with Crippen molar-refractivity contribution in [3.8, 4) is 34.5 Å². The van der Waals surface area contributed by atoms with E-state index in [4.69, 9.17) is 4.74 Å². The van der Waals surface area contributed by atoms with E-state index in [2.05, 4.69) is 40.1 Å². The van der Waals surface area contributed by atoms with Crippen molar-refractivity contribution >= 4 is 11.7 Å². The number of halogens is 5. The third-order valence-electron chi connectivity index (χ3n) is 6.87. The molecule has 234 valence electrons. The molecule has 1 fully saturated rings. The predicted octanol–water partition coefficient (Wildman–Crippen LogP) is 5.81. The van der Waals surface area contributed by atoms with E-state index >= 15 is 0 Å². The number of nitrogens with one attached hydrogen (secondary N) is 1. The molecule has 1 N–H and O–H groups in total. The van der Waals surface area contributed by atoms with Crippen LogP contribution in [0.4, 0.5) is 26.7 Å². The van der Waals surface area contributed by atoms with Crippen LogP contribution in [-0.2, 0) is 12.7 Å². The maximum atomic E-state index is 13.3. The number of imidazole rings is 2. The zero-order valence-corrected chi connectivity index (χ0v) is 23.7. The summed E-state index contributed by atoms with van der Waals surface area (Å²) in [4.78, 5) is 33.1. The Morgan fingerprint density at radius 2 is 1.82 bits per heavy atom. The summed E-state index contributed by atoms with van der Waals surface area (Å²) in [5, 5.41) is 6.90. The van der Waals surface area contributed by atoms with Gasteiger partial charge in [0, 0.05) is 42.7 Å². The first-order valence-electron chi connectivity index (χ1n) is 13.7. The Hall–Kier alpha value is -5.22. The topological polar surface area (TPSA) is 134 Å². The van der Waals surface area contributed by atoms with Crippen molar-refractivity contribution in [2.45, 2.75) is 58.0 Å². The first-order chi connectivity index (χ1) is 21.5. The van der Waals surface area contributed by atoms with Gasteiger partial charge in [-0.15, -0.1) is 5.10 Å². The zero-order chi connectivity index (χ0) is 31.9. The van der Waals surface area contributed by atoms with Crippen LogP contribution in [-0.4, -0.2) is 51.8 Å². The van der Waals surface area contributed by atoms with Crippen LogP contribution in [0.25, 0.3) is 28.4 Å². The number of nitrogens with zero attached hydrogens (tertiary/aromatic N) is 8. The predicted molar refractivity (Wildman–Crippen MR) is 146 cm³/mol. The van der Waals surface area contributed by atoms with Crippen molar-refractivity contribution in [1.29, 1.82) is 0 Å². The Bertz CT molecular complexity index is 1850. The van der Waals surface area contributed by atoms with Gasteiger partial charge in [-0.25, -0.2) is 29.2 Å². The van der Waals surface area contributed by atoms with Crippen LogP contribution in [0, 0.1) is 0 Å². The van der Waals surface area contributed by atoms with Gasteiger partial charge in [-0.1, -0.05) is 24.3 Å². The zero-order valence-electron chi connectivity index (χ0n) is 23.7. The molecule has 1 amide bonds. The van der Waals surface area contributed by atoms with Crippen LogP contribution in [0.15, 0.2) is 49.2 Å². The van der Waals surface area contributed by atoms with Gasteiger partial charge in [0.2, 0.25) is 11.5 Å². The molecular weight excluding hydrogens is 605 g/mol. The molecule has 0 bridgehead atoms. The number of alkyl halides is 5. The molecule has 12 nitrogen and oxygen atoms in total. The van der Waals surface area contributed by atoms with Gasteiger partial charge < -0.3 is 19.4 Å². The lowest BCUT2D eigenvalue weighted by Crippen LogP contribution is -2.27. The highest BCUT2D eigenvalue weighted by Crippen LogP contribution is 2.45. The molecule has 0 radical (unpaired) electrons. The minimum atomic E-state index is -4.58. The lowest BCUT2D eigenvalue weighted by molar-refractivity contribution is -0.140. The second-order valence-corrected chi connectivity index (χ2v) is 10.4. The first-order valence-corrected chi connectivity index (χ1v) is 13.7. The second-order valence-electron chi connectivity index (χ2n) is 10.4. The average molecular weight is 630 g/mol. The van der Waals surface area contributed by atoms with Gasteiger partial charge in [-0.05, 0) is 32.3 Å². The van der Waals surface area contributed by atoms with Crippen LogP contribution in [0.3, 0.4) is 0 Å². The van der Waals surface area contributed by atoms with Crippen molar-refractivity contribution in [2.75, 3.05) is 0 Å². The van der Waals surface area contributed by atoms with E-state index in [9.17, 15) is 26.7 Å². The molecule has 4 aromatic heterocycles. The fourth-order valence-electron chi connectivity index (χ4n) is 4.62. The van der Waals surface area contributed by atoms with Gasteiger partial charge in [0.15, 0.2) is 11.5 Å². The Kier molecular flexibility index (Phi) is 7.76. The second kappa shape index (κ2) is 11.7. The Morgan fingerprint density at radius 1 is 1.07 bits per heavy atom. The molecule has 0 spiro atoms. The minimum absolute atomic E-state index is 0.00106. The minimum Gasteiger partial charge on any atom is -0.416 e. The average Bonchev–Trinajstić information content (AvgIpc) is 3.52. The number of hydrogen-bond acceptors (Lipinski definition) is 9. The molecule has 17 heteroatoms. The van der Waals surface area contributed by atoms with E-state index in [1.54, 1.807) is 38.1 Å². The fraction of sp³-hybridized carbons (Fsp3) is 0.321. The number of benzene rings is 1. The van der Waals surface area contributed by atoms with Crippen LogP contribution < -0.4 is 14.8 Å². The highest BCUT2D eigenvalue weighted by atomic mass is 19.4. The summed E-state index contributed by atoms with van der Waals surface area (Å²) in [6, 6.07) is 6.22. The normalized spacial score (nSPS) is 13.5. The highest BCUT2D eigenvalue weighted by Gasteiger charge is 2.35. The maximum Gasteiger partial charge on any atom is 0.434 e. The summed E-state index contributed by atoms with van der Waals surface area (Å²) in [5.41, 5.74) is 0.671. The summed E-state index contributed by atoms with van der Waals surface area (Å²) >= 11 is 0. The molecule has 5 aromatic rings. The first kappa shape index (κ1) is 29.8. The number of rotatable bonds is 9. The SMILES string of the molecule is CC(C)n1cc(C(F)(F)F)nc1-c1ccc(CNC(=O)Oc2nc(-c3c(OC(F)F)ncnc3C3CC3)nn3ccnc23)cc1. The van der Waals surface area contributed by atoms with E-state index in [1.807, 2.05) is 0 Å². The molecule has 0 atom stereocenters. The maximum absolute atomic E-state index is 13.3. The molecule has 0 aliphatic heterocycles. The van der Waals surface area contributed by atoms with Gasteiger partial charge in [0.1, 0.15) is 17.7 Å². The third-order valence-corrected chi connectivity index (χ3v) is 6.87. The van der Waals surface area contributed by atoms with Crippen LogP contribution in [0.5, 0.6) is 11.8 Å². The molecule has 4 heterocycles. The molecule has 1 aliphatic carbocycles. The van der Waals surface area contributed by atoms with Gasteiger partial charge in [-0.2, -0.15) is 26.9 Å². The molecule has 1 aromatic carbocycles.